The Labute approximate surface area is 239 Å². The second kappa shape index (κ2) is 11.5. The highest BCUT2D eigenvalue weighted by Gasteiger charge is 2.35. The molecule has 5 rings (SSSR count). The number of nitrogens with zero attached hydrogens (tertiary/aromatic N) is 4. The molecular formula is C34H30N4O3. The van der Waals surface area contributed by atoms with Crippen LogP contribution in [0.4, 0.5) is 0 Å². The molecule has 2 heterocycles. The van der Waals surface area contributed by atoms with Gasteiger partial charge in [-0.3, -0.25) is 14.5 Å². The van der Waals surface area contributed by atoms with Gasteiger partial charge in [-0.15, -0.1) is 0 Å². The SMILES string of the molecule is CC1=C(C#N)C(=O)N(Cc2ccccc2)C(=O)/C1=C/c1cn(-c2ccccc2)nc1-c1ccc(OC(C)C)cc1C. The molecule has 0 bridgehead atoms. The number of carbonyl (C=O) groups is 2. The third-order valence-corrected chi connectivity index (χ3v) is 6.90. The highest BCUT2D eigenvalue weighted by Crippen LogP contribution is 2.34. The largest absolute Gasteiger partial charge is 0.491 e. The summed E-state index contributed by atoms with van der Waals surface area (Å²) in [6, 6.07) is 26.8. The van der Waals surface area contributed by atoms with Crippen molar-refractivity contribution < 1.29 is 14.3 Å². The minimum Gasteiger partial charge on any atom is -0.491 e. The van der Waals surface area contributed by atoms with Gasteiger partial charge in [0.1, 0.15) is 23.1 Å². The molecule has 0 fully saturated rings. The van der Waals surface area contributed by atoms with Gasteiger partial charge in [-0.05, 0) is 80.8 Å². The predicted molar refractivity (Wildman–Crippen MR) is 158 cm³/mol. The zero-order valence-corrected chi connectivity index (χ0v) is 23.5. The molecule has 0 atom stereocenters. The monoisotopic (exact) mass is 542 g/mol. The van der Waals surface area contributed by atoms with E-state index < -0.39 is 11.8 Å². The Hall–Kier alpha value is -5.22. The van der Waals surface area contributed by atoms with Gasteiger partial charge in [0, 0.05) is 22.9 Å². The molecule has 1 aliphatic rings. The van der Waals surface area contributed by atoms with E-state index in [9.17, 15) is 14.9 Å². The fraction of sp³-hybridized carbons (Fsp3) is 0.176. The molecule has 204 valence electrons. The third-order valence-electron chi connectivity index (χ3n) is 6.90. The van der Waals surface area contributed by atoms with Crippen LogP contribution in [0.1, 0.15) is 37.5 Å². The molecular weight excluding hydrogens is 512 g/mol. The lowest BCUT2D eigenvalue weighted by atomic mass is 9.92. The van der Waals surface area contributed by atoms with Crippen molar-refractivity contribution in [2.45, 2.75) is 40.3 Å². The highest BCUT2D eigenvalue weighted by atomic mass is 16.5. The fourth-order valence-electron chi connectivity index (χ4n) is 4.86. The van der Waals surface area contributed by atoms with E-state index in [4.69, 9.17) is 9.84 Å². The van der Waals surface area contributed by atoms with Crippen LogP contribution in [0.25, 0.3) is 23.0 Å². The maximum atomic E-state index is 13.8. The summed E-state index contributed by atoms with van der Waals surface area (Å²) in [6.07, 6.45) is 3.64. The van der Waals surface area contributed by atoms with Gasteiger partial charge in [-0.25, -0.2) is 4.68 Å². The summed E-state index contributed by atoms with van der Waals surface area (Å²) < 4.78 is 7.65. The summed E-state index contributed by atoms with van der Waals surface area (Å²) in [6.45, 7) is 7.66. The van der Waals surface area contributed by atoms with E-state index in [2.05, 4.69) is 0 Å². The zero-order chi connectivity index (χ0) is 29.1. The van der Waals surface area contributed by atoms with Gasteiger partial charge < -0.3 is 4.74 Å². The molecule has 0 unspecified atom stereocenters. The van der Waals surface area contributed by atoms with Gasteiger partial charge in [-0.1, -0.05) is 48.5 Å². The Kier molecular flexibility index (Phi) is 7.66. The Morgan fingerprint density at radius 3 is 2.27 bits per heavy atom. The summed E-state index contributed by atoms with van der Waals surface area (Å²) in [7, 11) is 0. The number of hydrogen-bond acceptors (Lipinski definition) is 5. The van der Waals surface area contributed by atoms with Crippen LogP contribution in [0.15, 0.2) is 102 Å². The van der Waals surface area contributed by atoms with E-state index in [1.165, 1.54) is 0 Å². The van der Waals surface area contributed by atoms with Crippen molar-refractivity contribution in [3.05, 3.63) is 118 Å². The van der Waals surface area contributed by atoms with Gasteiger partial charge in [-0.2, -0.15) is 10.4 Å². The Balaban J connectivity index is 1.65. The standard InChI is InChI=1S/C34H30N4O3/c1-22(2)41-28-15-16-29(23(3)17-28)32-26(21-38(36-32)27-13-9-6-10-14-27)18-30-24(4)31(19-35)34(40)37(33(30)39)20-25-11-7-5-8-12-25/h5-18,21-22H,20H2,1-4H3/b30-18+. The first-order valence-electron chi connectivity index (χ1n) is 13.4. The summed E-state index contributed by atoms with van der Waals surface area (Å²) in [5.74, 6) is -0.280. The summed E-state index contributed by atoms with van der Waals surface area (Å²) in [4.78, 5) is 28.1. The zero-order valence-electron chi connectivity index (χ0n) is 23.5. The van der Waals surface area contributed by atoms with Crippen molar-refractivity contribution in [3.8, 4) is 28.8 Å². The molecule has 2 amide bonds. The molecule has 0 radical (unpaired) electrons. The molecule has 7 nitrogen and oxygen atoms in total. The topological polar surface area (TPSA) is 88.2 Å². The van der Waals surface area contributed by atoms with Gasteiger partial charge in [0.05, 0.1) is 18.3 Å². The van der Waals surface area contributed by atoms with Crippen LogP contribution in [-0.4, -0.2) is 32.6 Å². The number of para-hydroxylation sites is 1. The van der Waals surface area contributed by atoms with Crippen LogP contribution < -0.4 is 4.74 Å². The third kappa shape index (κ3) is 5.59. The number of aryl methyl sites for hydroxylation is 1. The molecule has 3 aromatic carbocycles. The summed E-state index contributed by atoms with van der Waals surface area (Å²) in [5.41, 5.74) is 5.43. The van der Waals surface area contributed by atoms with Crippen LogP contribution in [0.5, 0.6) is 5.75 Å². The van der Waals surface area contributed by atoms with E-state index >= 15 is 0 Å². The van der Waals surface area contributed by atoms with Gasteiger partial charge >= 0.3 is 0 Å². The van der Waals surface area contributed by atoms with E-state index in [0.717, 1.165) is 33.0 Å². The van der Waals surface area contributed by atoms with Crippen molar-refractivity contribution in [2.75, 3.05) is 0 Å². The number of amides is 2. The van der Waals surface area contributed by atoms with Crippen LogP contribution in [0.2, 0.25) is 0 Å². The lowest BCUT2D eigenvalue weighted by molar-refractivity contribution is -0.141. The number of nitriles is 1. The van der Waals surface area contributed by atoms with Crippen LogP contribution >= 0.6 is 0 Å². The van der Waals surface area contributed by atoms with Gasteiger partial charge in [0.15, 0.2) is 0 Å². The van der Waals surface area contributed by atoms with Crippen molar-refractivity contribution in [1.29, 1.82) is 5.26 Å². The normalized spacial score (nSPS) is 14.6. The second-order valence-electron chi connectivity index (χ2n) is 10.2. The van der Waals surface area contributed by atoms with E-state index in [-0.39, 0.29) is 23.8 Å². The molecule has 0 saturated heterocycles. The minimum absolute atomic E-state index is 0.0424. The predicted octanol–water partition coefficient (Wildman–Crippen LogP) is 6.43. The van der Waals surface area contributed by atoms with Crippen molar-refractivity contribution in [1.82, 2.24) is 14.7 Å². The molecule has 0 spiro atoms. The molecule has 0 N–H and O–H groups in total. The molecule has 41 heavy (non-hydrogen) atoms. The maximum absolute atomic E-state index is 13.8. The minimum atomic E-state index is -0.590. The Morgan fingerprint density at radius 2 is 1.63 bits per heavy atom. The molecule has 0 aliphatic carbocycles. The van der Waals surface area contributed by atoms with E-state index in [1.807, 2.05) is 112 Å². The van der Waals surface area contributed by atoms with Crippen LogP contribution in [0.3, 0.4) is 0 Å². The van der Waals surface area contributed by atoms with Crippen molar-refractivity contribution >= 4 is 17.9 Å². The first-order chi connectivity index (χ1) is 19.8. The molecule has 1 aliphatic heterocycles. The smallest absolute Gasteiger partial charge is 0.271 e. The molecule has 4 aromatic rings. The highest BCUT2D eigenvalue weighted by molar-refractivity contribution is 6.19. The number of carbonyl (C=O) groups excluding carboxylic acids is 2. The number of hydrogen-bond donors (Lipinski definition) is 0. The van der Waals surface area contributed by atoms with E-state index in [0.29, 0.717) is 16.8 Å². The average Bonchev–Trinajstić information content (AvgIpc) is 3.38. The summed E-state index contributed by atoms with van der Waals surface area (Å²) in [5, 5.41) is 14.8. The van der Waals surface area contributed by atoms with Gasteiger partial charge in [0.2, 0.25) is 0 Å². The first kappa shape index (κ1) is 27.4. The molecule has 0 saturated carbocycles. The summed E-state index contributed by atoms with van der Waals surface area (Å²) >= 11 is 0. The number of aromatic nitrogens is 2. The first-order valence-corrected chi connectivity index (χ1v) is 13.4. The average molecular weight is 543 g/mol. The number of imide groups is 1. The number of benzene rings is 3. The van der Waals surface area contributed by atoms with Crippen molar-refractivity contribution in [3.63, 3.8) is 0 Å². The van der Waals surface area contributed by atoms with Gasteiger partial charge in [0.25, 0.3) is 11.8 Å². The second-order valence-corrected chi connectivity index (χ2v) is 10.2. The van der Waals surface area contributed by atoms with Crippen LogP contribution in [0, 0.1) is 18.3 Å². The fourth-order valence-corrected chi connectivity index (χ4v) is 4.86. The number of rotatable bonds is 7. The number of ether oxygens (including phenoxy) is 1. The lowest BCUT2D eigenvalue weighted by Crippen LogP contribution is -2.42. The molecule has 1 aromatic heterocycles. The molecule has 7 heteroatoms. The maximum Gasteiger partial charge on any atom is 0.271 e. The lowest BCUT2D eigenvalue weighted by Gasteiger charge is -2.27. The quantitative estimate of drug-likeness (QED) is 0.198. The Bertz CT molecular complexity index is 1720. The van der Waals surface area contributed by atoms with E-state index in [1.54, 1.807) is 17.7 Å². The van der Waals surface area contributed by atoms with Crippen LogP contribution in [-0.2, 0) is 16.1 Å². The van der Waals surface area contributed by atoms with Crippen molar-refractivity contribution in [2.24, 2.45) is 0 Å². The Morgan fingerprint density at radius 1 is 0.951 bits per heavy atom.